The Morgan fingerprint density at radius 1 is 1.16 bits per heavy atom. The van der Waals surface area contributed by atoms with Gasteiger partial charge in [0.15, 0.2) is 11.6 Å². The number of aromatic nitrogens is 4. The van der Waals surface area contributed by atoms with Gasteiger partial charge < -0.3 is 5.73 Å². The molecule has 0 saturated carbocycles. The van der Waals surface area contributed by atoms with E-state index in [1.165, 1.54) is 6.20 Å². The fourth-order valence-corrected chi connectivity index (χ4v) is 1.90. The number of aromatic amines is 1. The first-order valence-electron chi connectivity index (χ1n) is 5.62. The average molecular weight is 255 g/mol. The Morgan fingerprint density at radius 3 is 2.79 bits per heavy atom. The highest BCUT2D eigenvalue weighted by atomic mass is 19.1. The topological polar surface area (TPSA) is 80.5 Å². The van der Waals surface area contributed by atoms with Crippen molar-refractivity contribution in [1.82, 2.24) is 20.2 Å². The molecule has 6 heteroatoms. The fourth-order valence-electron chi connectivity index (χ4n) is 1.90. The largest absolute Gasteiger partial charge is 0.382 e. The van der Waals surface area contributed by atoms with Gasteiger partial charge in [-0.3, -0.25) is 15.1 Å². The van der Waals surface area contributed by atoms with Crippen molar-refractivity contribution in [3.8, 4) is 22.5 Å². The maximum atomic E-state index is 13.8. The van der Waals surface area contributed by atoms with Crippen molar-refractivity contribution in [3.63, 3.8) is 0 Å². The lowest BCUT2D eigenvalue weighted by molar-refractivity contribution is 0.624. The Kier molecular flexibility index (Phi) is 2.68. The average Bonchev–Trinajstić information content (AvgIpc) is 2.82. The van der Waals surface area contributed by atoms with Crippen LogP contribution < -0.4 is 5.73 Å². The van der Waals surface area contributed by atoms with Crippen LogP contribution in [0.1, 0.15) is 0 Å². The minimum Gasteiger partial charge on any atom is -0.382 e. The molecule has 19 heavy (non-hydrogen) atoms. The molecule has 94 valence electrons. The first kappa shape index (κ1) is 11.3. The number of anilines is 1. The Labute approximate surface area is 108 Å². The molecule has 0 saturated heterocycles. The van der Waals surface area contributed by atoms with E-state index in [0.29, 0.717) is 22.5 Å². The molecule has 3 N–H and O–H groups in total. The normalized spacial score (nSPS) is 10.6. The zero-order valence-corrected chi connectivity index (χ0v) is 9.84. The Balaban J connectivity index is 2.23. The lowest BCUT2D eigenvalue weighted by Crippen LogP contribution is -1.92. The van der Waals surface area contributed by atoms with Gasteiger partial charge in [0.05, 0.1) is 23.1 Å². The molecule has 0 aromatic carbocycles. The summed E-state index contributed by atoms with van der Waals surface area (Å²) in [7, 11) is 0. The van der Waals surface area contributed by atoms with Crippen LogP contribution in [-0.2, 0) is 0 Å². The van der Waals surface area contributed by atoms with Crippen molar-refractivity contribution in [3.05, 3.63) is 48.7 Å². The van der Waals surface area contributed by atoms with Crippen LogP contribution >= 0.6 is 0 Å². The summed E-state index contributed by atoms with van der Waals surface area (Å²) in [6, 6.07) is 6.99. The quantitative estimate of drug-likeness (QED) is 0.736. The van der Waals surface area contributed by atoms with Crippen molar-refractivity contribution >= 4 is 5.82 Å². The van der Waals surface area contributed by atoms with Gasteiger partial charge in [0.1, 0.15) is 0 Å². The third kappa shape index (κ3) is 1.93. The summed E-state index contributed by atoms with van der Waals surface area (Å²) in [5.41, 5.74) is 7.93. The smallest absolute Gasteiger partial charge is 0.155 e. The third-order valence-corrected chi connectivity index (χ3v) is 2.76. The molecule has 3 rings (SSSR count). The second-order valence-corrected chi connectivity index (χ2v) is 3.93. The molecule has 3 aromatic rings. The van der Waals surface area contributed by atoms with Crippen LogP contribution in [0.4, 0.5) is 10.2 Å². The van der Waals surface area contributed by atoms with E-state index in [1.807, 2.05) is 6.07 Å². The van der Waals surface area contributed by atoms with E-state index in [0.717, 1.165) is 6.20 Å². The van der Waals surface area contributed by atoms with E-state index in [1.54, 1.807) is 24.4 Å². The highest BCUT2D eigenvalue weighted by molar-refractivity contribution is 5.86. The van der Waals surface area contributed by atoms with Crippen LogP contribution in [-0.4, -0.2) is 20.2 Å². The zero-order valence-electron chi connectivity index (χ0n) is 9.84. The van der Waals surface area contributed by atoms with Gasteiger partial charge in [0.2, 0.25) is 0 Å². The van der Waals surface area contributed by atoms with Crippen LogP contribution in [0.2, 0.25) is 0 Å². The monoisotopic (exact) mass is 255 g/mol. The van der Waals surface area contributed by atoms with Gasteiger partial charge >= 0.3 is 0 Å². The molecule has 0 radical (unpaired) electrons. The molecule has 0 unspecified atom stereocenters. The highest BCUT2D eigenvalue weighted by Gasteiger charge is 2.17. The zero-order chi connectivity index (χ0) is 13.2. The number of hydrogen-bond donors (Lipinski definition) is 2. The van der Waals surface area contributed by atoms with Gasteiger partial charge in [-0.15, -0.1) is 0 Å². The van der Waals surface area contributed by atoms with Crippen LogP contribution in [0.15, 0.2) is 42.9 Å². The van der Waals surface area contributed by atoms with Crippen molar-refractivity contribution < 1.29 is 4.39 Å². The number of rotatable bonds is 2. The maximum absolute atomic E-state index is 13.8. The van der Waals surface area contributed by atoms with Gasteiger partial charge in [-0.2, -0.15) is 5.10 Å². The lowest BCUT2D eigenvalue weighted by atomic mass is 10.1. The van der Waals surface area contributed by atoms with Crippen LogP contribution in [0.25, 0.3) is 22.5 Å². The summed E-state index contributed by atoms with van der Waals surface area (Å²) in [5, 5.41) is 6.68. The van der Waals surface area contributed by atoms with Gasteiger partial charge in [-0.05, 0) is 18.2 Å². The number of halogens is 1. The summed E-state index contributed by atoms with van der Waals surface area (Å²) >= 11 is 0. The summed E-state index contributed by atoms with van der Waals surface area (Å²) in [4.78, 5) is 7.94. The number of nitrogens with zero attached hydrogens (tertiary/aromatic N) is 3. The molecule has 0 aliphatic rings. The minimum atomic E-state index is -0.441. The molecule has 3 heterocycles. The predicted octanol–water partition coefficient (Wildman–Crippen LogP) is 2.25. The van der Waals surface area contributed by atoms with Crippen molar-refractivity contribution in [2.75, 3.05) is 5.73 Å². The summed E-state index contributed by atoms with van der Waals surface area (Å²) in [5.74, 6) is -0.159. The van der Waals surface area contributed by atoms with Crippen LogP contribution in [0, 0.1) is 5.82 Å². The highest BCUT2D eigenvalue weighted by Crippen LogP contribution is 2.34. The second-order valence-electron chi connectivity index (χ2n) is 3.93. The fraction of sp³-hybridized carbons (Fsp3) is 0. The lowest BCUT2D eigenvalue weighted by Gasteiger charge is -2.04. The van der Waals surface area contributed by atoms with Crippen molar-refractivity contribution in [1.29, 1.82) is 0 Å². The first-order valence-corrected chi connectivity index (χ1v) is 5.62. The van der Waals surface area contributed by atoms with Crippen molar-refractivity contribution in [2.24, 2.45) is 0 Å². The molecule has 3 aromatic heterocycles. The van der Waals surface area contributed by atoms with Gasteiger partial charge in [-0.1, -0.05) is 6.07 Å². The SMILES string of the molecule is Nc1n[nH]c(-c2ccncc2F)c1-c1ccccn1. The number of hydrogen-bond acceptors (Lipinski definition) is 4. The summed E-state index contributed by atoms with van der Waals surface area (Å²) in [6.07, 6.45) is 4.31. The van der Waals surface area contributed by atoms with E-state index in [-0.39, 0.29) is 5.82 Å². The number of nitrogens with one attached hydrogen (secondary N) is 1. The molecule has 0 spiro atoms. The van der Waals surface area contributed by atoms with Crippen LogP contribution in [0.5, 0.6) is 0 Å². The Morgan fingerprint density at radius 2 is 2.05 bits per heavy atom. The molecule has 0 fully saturated rings. The minimum absolute atomic E-state index is 0.282. The standard InChI is InChI=1S/C13H10FN5/c14-9-7-16-6-4-8(9)12-11(13(15)19-18-12)10-3-1-2-5-17-10/h1-7H,(H3,15,18,19). The third-order valence-electron chi connectivity index (χ3n) is 2.76. The summed E-state index contributed by atoms with van der Waals surface area (Å²) in [6.45, 7) is 0. The Hall–Kier alpha value is -2.76. The molecular formula is C13H10FN5. The molecule has 0 atom stereocenters. The number of nitrogens with two attached hydrogens (primary N) is 1. The molecule has 0 amide bonds. The molecule has 0 aliphatic heterocycles. The number of H-pyrrole nitrogens is 1. The molecule has 0 aliphatic carbocycles. The van der Waals surface area contributed by atoms with E-state index in [2.05, 4.69) is 20.2 Å². The number of nitrogen functional groups attached to an aromatic ring is 1. The van der Waals surface area contributed by atoms with Crippen LogP contribution in [0.3, 0.4) is 0 Å². The van der Waals surface area contributed by atoms with Gasteiger partial charge in [-0.25, -0.2) is 4.39 Å². The Bertz CT molecular complexity index is 708. The molecule has 5 nitrogen and oxygen atoms in total. The molecule has 0 bridgehead atoms. The van der Waals surface area contributed by atoms with Gasteiger partial charge in [0.25, 0.3) is 0 Å². The van der Waals surface area contributed by atoms with E-state index in [4.69, 9.17) is 5.73 Å². The van der Waals surface area contributed by atoms with E-state index < -0.39 is 5.82 Å². The second kappa shape index (κ2) is 4.49. The van der Waals surface area contributed by atoms with Crippen molar-refractivity contribution in [2.45, 2.75) is 0 Å². The predicted molar refractivity (Wildman–Crippen MR) is 69.4 cm³/mol. The summed E-state index contributed by atoms with van der Waals surface area (Å²) < 4.78 is 13.8. The van der Waals surface area contributed by atoms with E-state index >= 15 is 0 Å². The molecular weight excluding hydrogens is 245 g/mol. The first-order chi connectivity index (χ1) is 9.27. The number of pyridine rings is 2. The van der Waals surface area contributed by atoms with E-state index in [9.17, 15) is 4.39 Å². The maximum Gasteiger partial charge on any atom is 0.155 e. The van der Waals surface area contributed by atoms with Gasteiger partial charge in [0, 0.05) is 18.0 Å².